The summed E-state index contributed by atoms with van der Waals surface area (Å²) in [7, 11) is 3.79. The van der Waals surface area contributed by atoms with Crippen LogP contribution in [0.3, 0.4) is 0 Å². The minimum absolute atomic E-state index is 0.0538. The van der Waals surface area contributed by atoms with Gasteiger partial charge in [0.25, 0.3) is 5.91 Å². The average Bonchev–Trinajstić information content (AvgIpc) is 2.66. The Labute approximate surface area is 158 Å². The van der Waals surface area contributed by atoms with Crippen LogP contribution in [0, 0.1) is 0 Å². The molecule has 0 unspecified atom stereocenters. The lowest BCUT2D eigenvalue weighted by Crippen LogP contribution is -2.39. The van der Waals surface area contributed by atoms with Crippen LogP contribution in [0.15, 0.2) is 29.3 Å². The monoisotopic (exact) mass is 361 g/mol. The van der Waals surface area contributed by atoms with Gasteiger partial charge in [-0.25, -0.2) is 0 Å². The first-order chi connectivity index (χ1) is 12.6. The van der Waals surface area contributed by atoms with E-state index in [4.69, 9.17) is 0 Å². The predicted molar refractivity (Wildman–Crippen MR) is 110 cm³/mol. The number of carbonyl (C=O) groups excluding carboxylic acids is 1. The van der Waals surface area contributed by atoms with Crippen LogP contribution in [0.5, 0.6) is 0 Å². The molecule has 6 heteroatoms. The maximum Gasteiger partial charge on any atom is 0.251 e. The first-order valence-electron chi connectivity index (χ1n) is 9.62. The minimum Gasteiger partial charge on any atom is -0.357 e. The van der Waals surface area contributed by atoms with E-state index in [2.05, 4.69) is 46.7 Å². The van der Waals surface area contributed by atoms with Crippen molar-refractivity contribution in [3.05, 3.63) is 35.4 Å². The van der Waals surface area contributed by atoms with Crippen molar-refractivity contribution in [2.75, 3.05) is 46.8 Å². The van der Waals surface area contributed by atoms with Gasteiger partial charge < -0.3 is 20.9 Å². The molecule has 1 rings (SSSR count). The summed E-state index contributed by atoms with van der Waals surface area (Å²) in [5, 5.41) is 9.31. The van der Waals surface area contributed by atoms with Gasteiger partial charge in [0.05, 0.1) is 6.54 Å². The molecule has 0 aliphatic heterocycles. The van der Waals surface area contributed by atoms with E-state index in [0.717, 1.165) is 50.7 Å². The molecular formula is C20H35N5O. The van der Waals surface area contributed by atoms with Crippen LogP contribution in [0.4, 0.5) is 0 Å². The van der Waals surface area contributed by atoms with Crippen molar-refractivity contribution >= 4 is 11.9 Å². The van der Waals surface area contributed by atoms with Gasteiger partial charge in [-0.1, -0.05) is 25.5 Å². The van der Waals surface area contributed by atoms with Crippen molar-refractivity contribution in [3.63, 3.8) is 0 Å². The first kappa shape index (κ1) is 22.0. The summed E-state index contributed by atoms with van der Waals surface area (Å²) in [5.74, 6) is 0.792. The number of likely N-dealkylation sites (N-methyl/N-ethyl adjacent to an activating group) is 1. The number of hydrogen-bond donors (Lipinski definition) is 3. The Morgan fingerprint density at radius 3 is 2.69 bits per heavy atom. The normalized spacial score (nSPS) is 11.5. The third kappa shape index (κ3) is 8.85. The standard InChI is InChI=1S/C20H35N5O/c1-5-7-14-25(4)15-13-24-20(22-6-2)23-12-11-17-9-8-10-18(16-17)19(26)21-3/h8-10,16H,5-7,11-15H2,1-4H3,(H,21,26)(H2,22,23,24). The van der Waals surface area contributed by atoms with Gasteiger partial charge in [-0.2, -0.15) is 0 Å². The Morgan fingerprint density at radius 2 is 2.00 bits per heavy atom. The molecule has 0 aromatic heterocycles. The van der Waals surface area contributed by atoms with E-state index >= 15 is 0 Å². The van der Waals surface area contributed by atoms with Gasteiger partial charge in [-0.05, 0) is 51.1 Å². The SMILES string of the molecule is CCCCN(C)CCN=C(NCC)NCCc1cccc(C(=O)NC)c1. The summed E-state index contributed by atoms with van der Waals surface area (Å²) in [6, 6.07) is 7.73. The molecule has 0 aliphatic rings. The number of unbranched alkanes of at least 4 members (excludes halogenated alkanes) is 1. The topological polar surface area (TPSA) is 68.8 Å². The summed E-state index contributed by atoms with van der Waals surface area (Å²) >= 11 is 0. The van der Waals surface area contributed by atoms with Crippen LogP contribution >= 0.6 is 0 Å². The van der Waals surface area contributed by atoms with E-state index < -0.39 is 0 Å². The molecule has 1 amide bonds. The second-order valence-electron chi connectivity index (χ2n) is 6.37. The molecule has 0 radical (unpaired) electrons. The number of nitrogens with zero attached hydrogens (tertiary/aromatic N) is 2. The zero-order valence-electron chi connectivity index (χ0n) is 16.8. The Hall–Kier alpha value is -2.08. The fourth-order valence-electron chi connectivity index (χ4n) is 2.55. The van der Waals surface area contributed by atoms with Crippen LogP contribution in [0.1, 0.15) is 42.6 Å². The number of carbonyl (C=O) groups is 1. The number of rotatable bonds is 11. The molecule has 0 saturated carbocycles. The number of guanidine groups is 1. The van der Waals surface area contributed by atoms with Gasteiger partial charge >= 0.3 is 0 Å². The van der Waals surface area contributed by atoms with Crippen molar-refractivity contribution in [2.45, 2.75) is 33.1 Å². The number of benzene rings is 1. The zero-order chi connectivity index (χ0) is 19.2. The molecule has 0 fully saturated rings. The summed E-state index contributed by atoms with van der Waals surface area (Å²) in [6.45, 7) is 8.75. The second kappa shape index (κ2) is 13.2. The largest absolute Gasteiger partial charge is 0.357 e. The second-order valence-corrected chi connectivity index (χ2v) is 6.37. The van der Waals surface area contributed by atoms with Gasteiger partial charge in [-0.15, -0.1) is 0 Å². The summed E-state index contributed by atoms with van der Waals surface area (Å²) < 4.78 is 0. The average molecular weight is 362 g/mol. The van der Waals surface area contributed by atoms with Gasteiger partial charge in [-0.3, -0.25) is 9.79 Å². The molecule has 6 nitrogen and oxygen atoms in total. The number of aliphatic imine (C=N–C) groups is 1. The third-order valence-electron chi connectivity index (χ3n) is 4.11. The molecule has 0 spiro atoms. The number of hydrogen-bond acceptors (Lipinski definition) is 3. The quantitative estimate of drug-likeness (QED) is 0.416. The fourth-order valence-corrected chi connectivity index (χ4v) is 2.55. The predicted octanol–water partition coefficient (Wildman–Crippen LogP) is 1.88. The Morgan fingerprint density at radius 1 is 1.19 bits per heavy atom. The van der Waals surface area contributed by atoms with E-state index in [1.165, 1.54) is 12.8 Å². The molecule has 0 heterocycles. The Bertz CT molecular complexity index is 559. The van der Waals surface area contributed by atoms with Crippen LogP contribution in [-0.2, 0) is 6.42 Å². The van der Waals surface area contributed by atoms with Gasteiger partial charge in [0.1, 0.15) is 0 Å². The van der Waals surface area contributed by atoms with E-state index in [-0.39, 0.29) is 5.91 Å². The van der Waals surface area contributed by atoms with Crippen molar-refractivity contribution in [1.82, 2.24) is 20.9 Å². The summed E-state index contributed by atoms with van der Waals surface area (Å²) in [4.78, 5) is 18.7. The van der Waals surface area contributed by atoms with Crippen molar-refractivity contribution in [1.29, 1.82) is 0 Å². The maximum atomic E-state index is 11.7. The van der Waals surface area contributed by atoms with Crippen LogP contribution in [-0.4, -0.2) is 63.6 Å². The van der Waals surface area contributed by atoms with Gasteiger partial charge in [0.2, 0.25) is 0 Å². The molecule has 26 heavy (non-hydrogen) atoms. The van der Waals surface area contributed by atoms with Crippen molar-refractivity contribution in [3.8, 4) is 0 Å². The molecule has 0 bridgehead atoms. The molecule has 1 aromatic rings. The molecule has 0 saturated heterocycles. The maximum absolute atomic E-state index is 11.7. The molecule has 0 atom stereocenters. The van der Waals surface area contributed by atoms with Crippen molar-refractivity contribution in [2.24, 2.45) is 4.99 Å². The summed E-state index contributed by atoms with van der Waals surface area (Å²) in [5.41, 5.74) is 1.83. The molecule has 0 aliphatic carbocycles. The smallest absolute Gasteiger partial charge is 0.251 e. The highest BCUT2D eigenvalue weighted by atomic mass is 16.1. The lowest BCUT2D eigenvalue weighted by Gasteiger charge is -2.16. The van der Waals surface area contributed by atoms with Gasteiger partial charge in [0, 0.05) is 32.2 Å². The number of nitrogens with one attached hydrogen (secondary N) is 3. The molecule has 1 aromatic carbocycles. The highest BCUT2D eigenvalue weighted by Crippen LogP contribution is 2.05. The van der Waals surface area contributed by atoms with E-state index in [9.17, 15) is 4.79 Å². The van der Waals surface area contributed by atoms with E-state index in [0.29, 0.717) is 5.56 Å². The molecular weight excluding hydrogens is 326 g/mol. The molecule has 3 N–H and O–H groups in total. The van der Waals surface area contributed by atoms with Crippen LogP contribution in [0.25, 0.3) is 0 Å². The highest BCUT2D eigenvalue weighted by molar-refractivity contribution is 5.94. The highest BCUT2D eigenvalue weighted by Gasteiger charge is 2.04. The minimum atomic E-state index is -0.0538. The summed E-state index contributed by atoms with van der Waals surface area (Å²) in [6.07, 6.45) is 3.29. The first-order valence-corrected chi connectivity index (χ1v) is 9.62. The van der Waals surface area contributed by atoms with Gasteiger partial charge in [0.15, 0.2) is 5.96 Å². The third-order valence-corrected chi connectivity index (χ3v) is 4.11. The van der Waals surface area contributed by atoms with Crippen LogP contribution in [0.2, 0.25) is 0 Å². The van der Waals surface area contributed by atoms with E-state index in [1.54, 1.807) is 7.05 Å². The lowest BCUT2D eigenvalue weighted by molar-refractivity contribution is 0.0963. The van der Waals surface area contributed by atoms with E-state index in [1.807, 2.05) is 24.3 Å². The number of amides is 1. The zero-order valence-corrected chi connectivity index (χ0v) is 16.8. The Kier molecular flexibility index (Phi) is 11.1. The Balaban J connectivity index is 2.45. The van der Waals surface area contributed by atoms with Crippen LogP contribution < -0.4 is 16.0 Å². The van der Waals surface area contributed by atoms with Crippen molar-refractivity contribution < 1.29 is 4.79 Å². The molecule has 146 valence electrons. The lowest BCUT2D eigenvalue weighted by atomic mass is 10.1. The fraction of sp³-hybridized carbons (Fsp3) is 0.600.